The molecule has 10 nitrogen and oxygen atoms in total. The van der Waals surface area contributed by atoms with Crippen LogP contribution >= 0.6 is 24.4 Å². The number of amides is 3. The van der Waals surface area contributed by atoms with Gasteiger partial charge in [0.1, 0.15) is 18.1 Å². The summed E-state index contributed by atoms with van der Waals surface area (Å²) in [4.78, 5) is 53.5. The minimum atomic E-state index is -1.15. The van der Waals surface area contributed by atoms with Crippen molar-refractivity contribution in [3.8, 4) is 0 Å². The summed E-state index contributed by atoms with van der Waals surface area (Å²) >= 11 is 5.65. The average molecular weight is 538 g/mol. The summed E-state index contributed by atoms with van der Waals surface area (Å²) in [7, 11) is 0. The normalized spacial score (nSPS) is 14.6. The van der Waals surface area contributed by atoms with E-state index in [0.717, 1.165) is 16.5 Å². The number of thiol groups is 1. The Balaban J connectivity index is 2.26. The fourth-order valence-electron chi connectivity index (χ4n) is 3.53. The van der Waals surface area contributed by atoms with E-state index in [9.17, 15) is 24.3 Å². The van der Waals surface area contributed by atoms with Crippen molar-refractivity contribution < 1.29 is 24.3 Å². The first-order chi connectivity index (χ1) is 17.1. The molecular weight excluding hydrogens is 502 g/mol. The standard InChI is InChI=1S/C24H35N5O5S2/c1-13(2)20(25)23(32)29-19(12-35)22(31)28-18(21(30)27-17(24(33)34)8-9-36-3)10-14-11-26-16-7-5-4-6-15(14)16/h4-7,11,13,17-20,26,35H,8-10,12,25H2,1-3H3,(H,27,30)(H,28,31)(H,29,32)(H,33,34). The molecule has 3 amide bonds. The smallest absolute Gasteiger partial charge is 0.326 e. The summed E-state index contributed by atoms with van der Waals surface area (Å²) in [5.74, 6) is -2.52. The minimum absolute atomic E-state index is 0.0186. The Morgan fingerprint density at radius 2 is 1.64 bits per heavy atom. The molecule has 4 atom stereocenters. The second-order valence-corrected chi connectivity index (χ2v) is 10.2. The van der Waals surface area contributed by atoms with E-state index in [4.69, 9.17) is 5.73 Å². The number of carboxylic acid groups (broad SMARTS) is 1. The molecule has 0 aliphatic carbocycles. The van der Waals surface area contributed by atoms with Gasteiger partial charge in [-0.1, -0.05) is 32.0 Å². The van der Waals surface area contributed by atoms with E-state index in [1.807, 2.05) is 30.5 Å². The first kappa shape index (κ1) is 29.5. The molecule has 1 heterocycles. The molecular formula is C24H35N5O5S2. The van der Waals surface area contributed by atoms with Gasteiger partial charge in [0.05, 0.1) is 6.04 Å². The number of aromatic nitrogens is 1. The van der Waals surface area contributed by atoms with Crippen molar-refractivity contribution in [1.29, 1.82) is 0 Å². The van der Waals surface area contributed by atoms with E-state index in [-0.39, 0.29) is 24.5 Å². The van der Waals surface area contributed by atoms with Gasteiger partial charge in [-0.2, -0.15) is 24.4 Å². The Hall–Kier alpha value is -2.70. The Bertz CT molecular complexity index is 1060. The molecule has 0 aliphatic rings. The lowest BCUT2D eigenvalue weighted by atomic mass is 10.0. The van der Waals surface area contributed by atoms with Gasteiger partial charge in [-0.3, -0.25) is 14.4 Å². The predicted octanol–water partition coefficient (Wildman–Crippen LogP) is 0.916. The van der Waals surface area contributed by atoms with E-state index >= 15 is 0 Å². The van der Waals surface area contributed by atoms with Gasteiger partial charge in [-0.05, 0) is 36.0 Å². The van der Waals surface area contributed by atoms with Gasteiger partial charge in [-0.15, -0.1) is 0 Å². The Kier molecular flexibility index (Phi) is 11.6. The third-order valence-electron chi connectivity index (χ3n) is 5.79. The van der Waals surface area contributed by atoms with Crippen LogP contribution in [0.4, 0.5) is 0 Å². The number of aliphatic carboxylic acids is 1. The zero-order valence-electron chi connectivity index (χ0n) is 20.6. The average Bonchev–Trinajstić information content (AvgIpc) is 3.26. The van der Waals surface area contributed by atoms with E-state index in [1.54, 1.807) is 20.0 Å². The van der Waals surface area contributed by atoms with Crippen molar-refractivity contribution in [3.63, 3.8) is 0 Å². The van der Waals surface area contributed by atoms with Gasteiger partial charge in [-0.25, -0.2) is 4.79 Å². The number of nitrogens with one attached hydrogen (secondary N) is 4. The lowest BCUT2D eigenvalue weighted by molar-refractivity contribution is -0.142. The van der Waals surface area contributed by atoms with Crippen LogP contribution < -0.4 is 21.7 Å². The molecule has 7 N–H and O–H groups in total. The maximum Gasteiger partial charge on any atom is 0.326 e. The third kappa shape index (κ3) is 8.17. The van der Waals surface area contributed by atoms with Crippen LogP contribution in [-0.2, 0) is 25.6 Å². The Labute approximate surface area is 220 Å². The number of carbonyl (C=O) groups excluding carboxylic acids is 3. The van der Waals surface area contributed by atoms with Crippen molar-refractivity contribution in [1.82, 2.24) is 20.9 Å². The number of hydrogen-bond acceptors (Lipinski definition) is 7. The van der Waals surface area contributed by atoms with Gasteiger partial charge in [0.15, 0.2) is 0 Å². The molecule has 1 aromatic carbocycles. The molecule has 0 saturated heterocycles. The molecule has 0 radical (unpaired) electrons. The van der Waals surface area contributed by atoms with Crippen LogP contribution in [0.1, 0.15) is 25.8 Å². The summed E-state index contributed by atoms with van der Waals surface area (Å²) < 4.78 is 0. The summed E-state index contributed by atoms with van der Waals surface area (Å²) in [5, 5.41) is 18.2. The number of nitrogens with two attached hydrogens (primary N) is 1. The van der Waals surface area contributed by atoms with Crippen LogP contribution in [0.5, 0.6) is 0 Å². The second kappa shape index (κ2) is 14.1. The van der Waals surface area contributed by atoms with E-state index in [1.165, 1.54) is 11.8 Å². The highest BCUT2D eigenvalue weighted by Crippen LogP contribution is 2.19. The number of H-pyrrole nitrogens is 1. The SMILES string of the molecule is CSCCC(NC(=O)C(Cc1c[nH]c2ccccc12)NC(=O)C(CS)NC(=O)C(N)C(C)C)C(=O)O. The van der Waals surface area contributed by atoms with Gasteiger partial charge >= 0.3 is 5.97 Å². The second-order valence-electron chi connectivity index (χ2n) is 8.82. The number of para-hydroxylation sites is 1. The number of aromatic amines is 1. The molecule has 2 aromatic rings. The van der Waals surface area contributed by atoms with Crippen molar-refractivity contribution in [2.75, 3.05) is 17.8 Å². The highest BCUT2D eigenvalue weighted by molar-refractivity contribution is 7.98. The molecule has 1 aromatic heterocycles. The number of benzene rings is 1. The topological polar surface area (TPSA) is 166 Å². The van der Waals surface area contributed by atoms with Gasteiger partial charge in [0.2, 0.25) is 17.7 Å². The quantitative estimate of drug-likeness (QED) is 0.176. The van der Waals surface area contributed by atoms with Gasteiger partial charge in [0.25, 0.3) is 0 Å². The van der Waals surface area contributed by atoms with E-state index < -0.39 is 47.9 Å². The molecule has 0 saturated carbocycles. The highest BCUT2D eigenvalue weighted by atomic mass is 32.2. The maximum absolute atomic E-state index is 13.2. The number of rotatable bonds is 14. The lowest BCUT2D eigenvalue weighted by Crippen LogP contribution is -2.58. The number of hydrogen-bond donors (Lipinski definition) is 7. The first-order valence-electron chi connectivity index (χ1n) is 11.6. The summed E-state index contributed by atoms with van der Waals surface area (Å²) in [6.07, 6.45) is 3.94. The lowest BCUT2D eigenvalue weighted by Gasteiger charge is -2.25. The van der Waals surface area contributed by atoms with Gasteiger partial charge in [0, 0.05) is 29.3 Å². The zero-order chi connectivity index (χ0) is 26.8. The van der Waals surface area contributed by atoms with Crippen LogP contribution in [-0.4, -0.2) is 75.7 Å². The van der Waals surface area contributed by atoms with Crippen LogP contribution in [0.25, 0.3) is 10.9 Å². The number of thioether (sulfide) groups is 1. The first-order valence-corrected chi connectivity index (χ1v) is 13.7. The fraction of sp³-hybridized carbons (Fsp3) is 0.500. The van der Waals surface area contributed by atoms with Crippen molar-refractivity contribution in [3.05, 3.63) is 36.0 Å². The molecule has 0 bridgehead atoms. The van der Waals surface area contributed by atoms with Crippen molar-refractivity contribution in [2.24, 2.45) is 11.7 Å². The number of carboxylic acids is 1. The molecule has 4 unspecified atom stereocenters. The maximum atomic E-state index is 13.2. The monoisotopic (exact) mass is 537 g/mol. The third-order valence-corrected chi connectivity index (χ3v) is 6.80. The summed E-state index contributed by atoms with van der Waals surface area (Å²) in [6.45, 7) is 3.58. The predicted molar refractivity (Wildman–Crippen MR) is 145 cm³/mol. The Morgan fingerprint density at radius 1 is 1.03 bits per heavy atom. The molecule has 2 rings (SSSR count). The van der Waals surface area contributed by atoms with Crippen LogP contribution in [0.2, 0.25) is 0 Å². The zero-order valence-corrected chi connectivity index (χ0v) is 22.3. The molecule has 12 heteroatoms. The number of fused-ring (bicyclic) bond motifs is 1. The van der Waals surface area contributed by atoms with Gasteiger partial charge < -0.3 is 31.8 Å². The van der Waals surface area contributed by atoms with Crippen LogP contribution in [0.3, 0.4) is 0 Å². The molecule has 0 aliphatic heterocycles. The minimum Gasteiger partial charge on any atom is -0.480 e. The Morgan fingerprint density at radius 3 is 2.25 bits per heavy atom. The van der Waals surface area contributed by atoms with E-state index in [0.29, 0.717) is 5.75 Å². The van der Waals surface area contributed by atoms with Crippen LogP contribution in [0, 0.1) is 5.92 Å². The molecule has 36 heavy (non-hydrogen) atoms. The highest BCUT2D eigenvalue weighted by Gasteiger charge is 2.30. The summed E-state index contributed by atoms with van der Waals surface area (Å²) in [6, 6.07) is 3.48. The molecule has 0 spiro atoms. The molecule has 0 fully saturated rings. The fourth-order valence-corrected chi connectivity index (χ4v) is 4.26. The largest absolute Gasteiger partial charge is 0.480 e. The van der Waals surface area contributed by atoms with Crippen molar-refractivity contribution >= 4 is 59.0 Å². The van der Waals surface area contributed by atoms with E-state index in [2.05, 4.69) is 33.6 Å². The number of carbonyl (C=O) groups is 4. The summed E-state index contributed by atoms with van der Waals surface area (Å²) in [5.41, 5.74) is 7.52. The van der Waals surface area contributed by atoms with Crippen molar-refractivity contribution in [2.45, 2.75) is 50.9 Å². The molecule has 198 valence electrons. The van der Waals surface area contributed by atoms with Crippen LogP contribution in [0.15, 0.2) is 30.5 Å².